The van der Waals surface area contributed by atoms with Crippen LogP contribution in [0.25, 0.3) is 0 Å². The van der Waals surface area contributed by atoms with Crippen molar-refractivity contribution in [1.82, 2.24) is 10.9 Å². The molecule has 7 heteroatoms. The van der Waals surface area contributed by atoms with E-state index in [0.29, 0.717) is 30.5 Å². The van der Waals surface area contributed by atoms with Crippen molar-refractivity contribution >= 4 is 39.3 Å². The molecule has 0 saturated heterocycles. The Bertz CT molecular complexity index is 865. The molecule has 0 bridgehead atoms. The molecule has 1 heterocycles. The van der Waals surface area contributed by atoms with Crippen molar-refractivity contribution in [1.29, 1.82) is 0 Å². The van der Waals surface area contributed by atoms with E-state index in [1.54, 1.807) is 47.4 Å². The zero-order valence-electron chi connectivity index (χ0n) is 14.2. The molecule has 2 N–H and O–H groups in total. The van der Waals surface area contributed by atoms with Crippen molar-refractivity contribution in [3.8, 4) is 0 Å². The predicted molar refractivity (Wildman–Crippen MR) is 102 cm³/mol. The number of anilines is 1. The van der Waals surface area contributed by atoms with E-state index in [1.807, 2.05) is 6.92 Å². The maximum Gasteiger partial charge on any atom is 0.269 e. The van der Waals surface area contributed by atoms with Crippen LogP contribution in [0.4, 0.5) is 5.69 Å². The standard InChI is InChI=1S/C19H18BrN3O3/c1-2-17(24)23-10-9-13-11-14(5-8-16(13)23)19(26)22-21-18(25)12-3-6-15(20)7-4-12/h3-8,11H,2,9-10H2,1H3,(H,21,25)(H,22,26). The fourth-order valence-electron chi connectivity index (χ4n) is 2.85. The molecule has 134 valence electrons. The number of nitrogens with one attached hydrogen (secondary N) is 2. The molecular weight excluding hydrogens is 398 g/mol. The summed E-state index contributed by atoms with van der Waals surface area (Å²) in [5, 5.41) is 0. The summed E-state index contributed by atoms with van der Waals surface area (Å²) in [7, 11) is 0. The summed E-state index contributed by atoms with van der Waals surface area (Å²) in [6.07, 6.45) is 1.16. The Kier molecular flexibility index (Phi) is 5.37. The lowest BCUT2D eigenvalue weighted by molar-refractivity contribution is -0.118. The summed E-state index contributed by atoms with van der Waals surface area (Å²) in [5.41, 5.74) is 7.51. The summed E-state index contributed by atoms with van der Waals surface area (Å²) in [4.78, 5) is 38.0. The van der Waals surface area contributed by atoms with Gasteiger partial charge in [0.15, 0.2) is 0 Å². The Morgan fingerprint density at radius 3 is 2.27 bits per heavy atom. The minimum Gasteiger partial charge on any atom is -0.312 e. The highest BCUT2D eigenvalue weighted by Gasteiger charge is 2.24. The molecule has 0 unspecified atom stereocenters. The normalized spacial score (nSPS) is 12.5. The summed E-state index contributed by atoms with van der Waals surface area (Å²) in [6, 6.07) is 12.0. The smallest absolute Gasteiger partial charge is 0.269 e. The van der Waals surface area contributed by atoms with Gasteiger partial charge in [0.1, 0.15) is 0 Å². The number of carbonyl (C=O) groups is 3. The van der Waals surface area contributed by atoms with Crippen LogP contribution in [0.1, 0.15) is 39.6 Å². The average Bonchev–Trinajstić information content (AvgIpc) is 3.09. The molecule has 0 radical (unpaired) electrons. The van der Waals surface area contributed by atoms with E-state index in [0.717, 1.165) is 15.7 Å². The number of rotatable bonds is 3. The highest BCUT2D eigenvalue weighted by Crippen LogP contribution is 2.29. The molecular formula is C19H18BrN3O3. The number of amides is 3. The second kappa shape index (κ2) is 7.70. The van der Waals surface area contributed by atoms with Gasteiger partial charge in [-0.3, -0.25) is 25.2 Å². The van der Waals surface area contributed by atoms with Crippen molar-refractivity contribution in [2.24, 2.45) is 0 Å². The van der Waals surface area contributed by atoms with E-state index < -0.39 is 11.8 Å². The van der Waals surface area contributed by atoms with Gasteiger partial charge >= 0.3 is 0 Å². The molecule has 3 rings (SSSR count). The van der Waals surface area contributed by atoms with Crippen LogP contribution in [-0.2, 0) is 11.2 Å². The molecule has 0 aliphatic carbocycles. The number of nitrogens with zero attached hydrogens (tertiary/aromatic N) is 1. The molecule has 0 aromatic heterocycles. The summed E-state index contributed by atoms with van der Waals surface area (Å²) in [5.74, 6) is -0.729. The van der Waals surface area contributed by atoms with E-state index >= 15 is 0 Å². The third-order valence-electron chi connectivity index (χ3n) is 4.24. The van der Waals surface area contributed by atoms with Gasteiger partial charge in [0.25, 0.3) is 11.8 Å². The van der Waals surface area contributed by atoms with Crippen LogP contribution in [0.3, 0.4) is 0 Å². The summed E-state index contributed by atoms with van der Waals surface area (Å²) in [6.45, 7) is 2.46. The molecule has 0 atom stereocenters. The van der Waals surface area contributed by atoms with E-state index in [-0.39, 0.29) is 5.91 Å². The van der Waals surface area contributed by atoms with E-state index in [9.17, 15) is 14.4 Å². The molecule has 6 nitrogen and oxygen atoms in total. The maximum absolute atomic E-state index is 12.3. The van der Waals surface area contributed by atoms with Crippen molar-refractivity contribution in [2.75, 3.05) is 11.4 Å². The fraction of sp³-hybridized carbons (Fsp3) is 0.211. The fourth-order valence-corrected chi connectivity index (χ4v) is 3.12. The first-order valence-corrected chi connectivity index (χ1v) is 9.08. The quantitative estimate of drug-likeness (QED) is 0.756. The number of hydrogen-bond donors (Lipinski definition) is 2. The van der Waals surface area contributed by atoms with Crippen LogP contribution < -0.4 is 15.8 Å². The molecule has 1 aliphatic rings. The molecule has 26 heavy (non-hydrogen) atoms. The number of hydrazine groups is 1. The Balaban J connectivity index is 1.65. The zero-order valence-corrected chi connectivity index (χ0v) is 15.8. The van der Waals surface area contributed by atoms with Crippen LogP contribution in [0, 0.1) is 0 Å². The number of benzene rings is 2. The number of halogens is 1. The molecule has 0 spiro atoms. The van der Waals surface area contributed by atoms with E-state index in [2.05, 4.69) is 26.8 Å². The lowest BCUT2D eigenvalue weighted by Gasteiger charge is -2.16. The minimum absolute atomic E-state index is 0.0720. The third-order valence-corrected chi connectivity index (χ3v) is 4.77. The van der Waals surface area contributed by atoms with Gasteiger partial charge in [0.2, 0.25) is 5.91 Å². The topological polar surface area (TPSA) is 78.5 Å². The average molecular weight is 416 g/mol. The summed E-state index contributed by atoms with van der Waals surface area (Å²) >= 11 is 3.30. The SMILES string of the molecule is CCC(=O)N1CCc2cc(C(=O)NNC(=O)c3ccc(Br)cc3)ccc21. The van der Waals surface area contributed by atoms with Crippen LogP contribution >= 0.6 is 15.9 Å². The first kappa shape index (κ1) is 18.1. The largest absolute Gasteiger partial charge is 0.312 e. The van der Waals surface area contributed by atoms with Gasteiger partial charge in [-0.15, -0.1) is 0 Å². The Morgan fingerprint density at radius 2 is 1.62 bits per heavy atom. The molecule has 0 fully saturated rings. The van der Waals surface area contributed by atoms with Crippen LogP contribution in [0.2, 0.25) is 0 Å². The van der Waals surface area contributed by atoms with Crippen LogP contribution in [0.15, 0.2) is 46.9 Å². The molecule has 1 aliphatic heterocycles. The van der Waals surface area contributed by atoms with Gasteiger partial charge in [-0.2, -0.15) is 0 Å². The lowest BCUT2D eigenvalue weighted by Crippen LogP contribution is -2.41. The maximum atomic E-state index is 12.3. The van der Waals surface area contributed by atoms with Gasteiger partial charge in [-0.25, -0.2) is 0 Å². The number of fused-ring (bicyclic) bond motifs is 1. The lowest BCUT2D eigenvalue weighted by atomic mass is 10.1. The molecule has 3 amide bonds. The van der Waals surface area contributed by atoms with E-state index in [1.165, 1.54) is 0 Å². The zero-order chi connectivity index (χ0) is 18.7. The summed E-state index contributed by atoms with van der Waals surface area (Å²) < 4.78 is 0.867. The number of carbonyl (C=O) groups excluding carboxylic acids is 3. The van der Waals surface area contributed by atoms with Gasteiger partial charge in [-0.1, -0.05) is 22.9 Å². The Morgan fingerprint density at radius 1 is 1.00 bits per heavy atom. The highest BCUT2D eigenvalue weighted by molar-refractivity contribution is 9.10. The van der Waals surface area contributed by atoms with Crippen LogP contribution in [0.5, 0.6) is 0 Å². The third kappa shape index (κ3) is 3.77. The number of hydrogen-bond acceptors (Lipinski definition) is 3. The Labute approximate surface area is 159 Å². The molecule has 0 saturated carbocycles. The monoisotopic (exact) mass is 415 g/mol. The van der Waals surface area contributed by atoms with Gasteiger partial charge in [0.05, 0.1) is 0 Å². The van der Waals surface area contributed by atoms with Gasteiger partial charge < -0.3 is 4.90 Å². The van der Waals surface area contributed by atoms with Crippen molar-refractivity contribution in [3.05, 3.63) is 63.6 Å². The second-order valence-electron chi connectivity index (χ2n) is 5.91. The molecule has 2 aromatic rings. The van der Waals surface area contributed by atoms with Crippen molar-refractivity contribution in [3.63, 3.8) is 0 Å². The van der Waals surface area contributed by atoms with Crippen molar-refractivity contribution in [2.45, 2.75) is 19.8 Å². The highest BCUT2D eigenvalue weighted by atomic mass is 79.9. The molecule has 2 aromatic carbocycles. The van der Waals surface area contributed by atoms with E-state index in [4.69, 9.17) is 0 Å². The first-order chi connectivity index (χ1) is 12.5. The van der Waals surface area contributed by atoms with Gasteiger partial charge in [-0.05, 0) is 54.4 Å². The van der Waals surface area contributed by atoms with Crippen LogP contribution in [-0.4, -0.2) is 24.3 Å². The predicted octanol–water partition coefficient (Wildman–Crippen LogP) is 2.82. The van der Waals surface area contributed by atoms with Gasteiger partial charge in [0, 0.05) is 34.3 Å². The Hall–Kier alpha value is -2.67. The van der Waals surface area contributed by atoms with Crippen molar-refractivity contribution < 1.29 is 14.4 Å². The minimum atomic E-state index is -0.404. The first-order valence-electron chi connectivity index (χ1n) is 8.29. The second-order valence-corrected chi connectivity index (χ2v) is 6.82.